The van der Waals surface area contributed by atoms with Crippen LogP contribution in [0.3, 0.4) is 0 Å². The maximum absolute atomic E-state index is 11.6. The third-order valence-electron chi connectivity index (χ3n) is 2.89. The van der Waals surface area contributed by atoms with Gasteiger partial charge in [-0.3, -0.25) is 4.79 Å². The molecule has 5 nitrogen and oxygen atoms in total. The molecule has 1 aromatic heterocycles. The molecular formula is C13H13N3O2. The van der Waals surface area contributed by atoms with Crippen molar-refractivity contribution in [3.63, 3.8) is 0 Å². The monoisotopic (exact) mass is 243 g/mol. The van der Waals surface area contributed by atoms with E-state index in [1.807, 2.05) is 24.3 Å². The van der Waals surface area contributed by atoms with Gasteiger partial charge in [0.1, 0.15) is 0 Å². The van der Waals surface area contributed by atoms with Crippen LogP contribution in [0.4, 0.5) is 5.69 Å². The van der Waals surface area contributed by atoms with Gasteiger partial charge in [-0.2, -0.15) is 4.98 Å². The predicted molar refractivity (Wildman–Crippen MR) is 65.8 cm³/mol. The fourth-order valence-corrected chi connectivity index (χ4v) is 1.71. The summed E-state index contributed by atoms with van der Waals surface area (Å²) in [6, 6.07) is 7.43. The van der Waals surface area contributed by atoms with E-state index in [-0.39, 0.29) is 11.8 Å². The van der Waals surface area contributed by atoms with Gasteiger partial charge in [0, 0.05) is 24.1 Å². The van der Waals surface area contributed by atoms with Crippen LogP contribution in [0.15, 0.2) is 28.8 Å². The van der Waals surface area contributed by atoms with E-state index in [4.69, 9.17) is 4.52 Å². The largest absolute Gasteiger partial charge is 0.339 e. The zero-order valence-electron chi connectivity index (χ0n) is 10.0. The summed E-state index contributed by atoms with van der Waals surface area (Å²) in [4.78, 5) is 15.7. The number of anilines is 1. The van der Waals surface area contributed by atoms with Crippen molar-refractivity contribution >= 4 is 11.6 Å². The molecule has 0 radical (unpaired) electrons. The average molecular weight is 243 g/mol. The molecule has 1 saturated carbocycles. The first-order valence-corrected chi connectivity index (χ1v) is 5.94. The highest BCUT2D eigenvalue weighted by atomic mass is 16.5. The first-order valence-electron chi connectivity index (χ1n) is 5.94. The Balaban J connectivity index is 1.74. The van der Waals surface area contributed by atoms with Gasteiger partial charge in [-0.15, -0.1) is 0 Å². The highest BCUT2D eigenvalue weighted by Crippen LogP contribution is 2.30. The van der Waals surface area contributed by atoms with Gasteiger partial charge in [0.05, 0.1) is 0 Å². The maximum Gasteiger partial charge on any atom is 0.227 e. The molecule has 0 aliphatic heterocycles. The van der Waals surface area contributed by atoms with Crippen molar-refractivity contribution in [2.45, 2.75) is 19.8 Å². The molecule has 18 heavy (non-hydrogen) atoms. The Morgan fingerprint density at radius 1 is 1.33 bits per heavy atom. The van der Waals surface area contributed by atoms with Gasteiger partial charge in [-0.05, 0) is 37.1 Å². The van der Waals surface area contributed by atoms with Gasteiger partial charge in [-0.25, -0.2) is 0 Å². The third-order valence-corrected chi connectivity index (χ3v) is 2.89. The smallest absolute Gasteiger partial charge is 0.227 e. The van der Waals surface area contributed by atoms with Crippen LogP contribution in [-0.2, 0) is 4.79 Å². The Kier molecular flexibility index (Phi) is 2.59. The Morgan fingerprint density at radius 2 is 2.06 bits per heavy atom. The van der Waals surface area contributed by atoms with E-state index in [0.29, 0.717) is 11.7 Å². The molecule has 0 atom stereocenters. The van der Waals surface area contributed by atoms with Crippen LogP contribution in [-0.4, -0.2) is 16.0 Å². The zero-order valence-corrected chi connectivity index (χ0v) is 10.0. The van der Waals surface area contributed by atoms with Crippen molar-refractivity contribution in [3.05, 3.63) is 30.2 Å². The van der Waals surface area contributed by atoms with Gasteiger partial charge in [-0.1, -0.05) is 5.16 Å². The molecule has 0 spiro atoms. The van der Waals surface area contributed by atoms with Crippen LogP contribution in [0.5, 0.6) is 0 Å². The van der Waals surface area contributed by atoms with Crippen LogP contribution >= 0.6 is 0 Å². The molecule has 1 amide bonds. The normalized spacial score (nSPS) is 14.5. The van der Waals surface area contributed by atoms with Gasteiger partial charge in [0.15, 0.2) is 0 Å². The van der Waals surface area contributed by atoms with Gasteiger partial charge in [0.25, 0.3) is 0 Å². The number of amides is 1. The Labute approximate surface area is 104 Å². The molecule has 0 saturated heterocycles. The molecule has 0 unspecified atom stereocenters. The summed E-state index contributed by atoms with van der Waals surface area (Å²) in [5.41, 5.74) is 1.67. The quantitative estimate of drug-likeness (QED) is 0.898. The Hall–Kier alpha value is -2.17. The molecule has 1 heterocycles. The molecule has 0 bridgehead atoms. The number of aromatic nitrogens is 2. The summed E-state index contributed by atoms with van der Waals surface area (Å²) in [6.45, 7) is 1.75. The standard InChI is InChI=1S/C13H13N3O2/c1-8-14-12(16-18-8)9-4-6-11(7-5-9)15-13(17)10-2-3-10/h4-7,10H,2-3H2,1H3,(H,15,17). The lowest BCUT2D eigenvalue weighted by molar-refractivity contribution is -0.117. The van der Waals surface area contributed by atoms with E-state index in [9.17, 15) is 4.79 Å². The fourth-order valence-electron chi connectivity index (χ4n) is 1.71. The molecule has 3 rings (SSSR count). The average Bonchev–Trinajstić information content (AvgIpc) is 3.13. The lowest BCUT2D eigenvalue weighted by Gasteiger charge is -2.04. The molecule has 1 aliphatic carbocycles. The number of hydrogen-bond donors (Lipinski definition) is 1. The van der Waals surface area contributed by atoms with Crippen LogP contribution < -0.4 is 5.32 Å². The summed E-state index contributed by atoms with van der Waals surface area (Å²) >= 11 is 0. The van der Waals surface area contributed by atoms with E-state index in [2.05, 4.69) is 15.5 Å². The second-order valence-electron chi connectivity index (χ2n) is 4.48. The lowest BCUT2D eigenvalue weighted by Crippen LogP contribution is -2.12. The minimum atomic E-state index is 0.109. The van der Waals surface area contributed by atoms with Crippen molar-refractivity contribution in [1.29, 1.82) is 0 Å². The summed E-state index contributed by atoms with van der Waals surface area (Å²) < 4.78 is 4.92. The van der Waals surface area contributed by atoms with Crippen LogP contribution in [0.2, 0.25) is 0 Å². The summed E-state index contributed by atoms with van der Waals surface area (Å²) in [7, 11) is 0. The number of carbonyl (C=O) groups excluding carboxylic acids is 1. The summed E-state index contributed by atoms with van der Waals surface area (Å²) in [5.74, 6) is 1.42. The first-order chi connectivity index (χ1) is 8.72. The van der Waals surface area contributed by atoms with Crippen molar-refractivity contribution < 1.29 is 9.32 Å². The topological polar surface area (TPSA) is 68.0 Å². The number of carbonyl (C=O) groups is 1. The van der Waals surface area contributed by atoms with E-state index in [0.717, 1.165) is 24.1 Å². The van der Waals surface area contributed by atoms with Crippen molar-refractivity contribution in [2.24, 2.45) is 5.92 Å². The third kappa shape index (κ3) is 2.25. The number of aryl methyl sites for hydroxylation is 1. The lowest BCUT2D eigenvalue weighted by atomic mass is 10.2. The number of hydrogen-bond acceptors (Lipinski definition) is 4. The van der Waals surface area contributed by atoms with Crippen molar-refractivity contribution in [1.82, 2.24) is 10.1 Å². The highest BCUT2D eigenvalue weighted by Gasteiger charge is 2.29. The van der Waals surface area contributed by atoms with Crippen LogP contribution in [0.1, 0.15) is 18.7 Å². The van der Waals surface area contributed by atoms with Crippen LogP contribution in [0, 0.1) is 12.8 Å². The number of nitrogens with one attached hydrogen (secondary N) is 1. The molecular weight excluding hydrogens is 230 g/mol. The number of rotatable bonds is 3. The summed E-state index contributed by atoms with van der Waals surface area (Å²) in [6.07, 6.45) is 2.01. The van der Waals surface area contributed by atoms with Crippen molar-refractivity contribution in [3.8, 4) is 11.4 Å². The Morgan fingerprint density at radius 3 is 2.61 bits per heavy atom. The Bertz CT molecular complexity index is 570. The van der Waals surface area contributed by atoms with Gasteiger partial charge >= 0.3 is 0 Å². The number of benzene rings is 1. The first kappa shape index (κ1) is 11.0. The minimum absolute atomic E-state index is 0.109. The zero-order chi connectivity index (χ0) is 12.5. The van der Waals surface area contributed by atoms with Crippen molar-refractivity contribution in [2.75, 3.05) is 5.32 Å². The van der Waals surface area contributed by atoms with Gasteiger partial charge in [0.2, 0.25) is 17.6 Å². The predicted octanol–water partition coefficient (Wildman–Crippen LogP) is 2.39. The van der Waals surface area contributed by atoms with E-state index < -0.39 is 0 Å². The van der Waals surface area contributed by atoms with Crippen LogP contribution in [0.25, 0.3) is 11.4 Å². The minimum Gasteiger partial charge on any atom is -0.339 e. The SMILES string of the molecule is Cc1nc(-c2ccc(NC(=O)C3CC3)cc2)no1. The van der Waals surface area contributed by atoms with E-state index >= 15 is 0 Å². The highest BCUT2D eigenvalue weighted by molar-refractivity contribution is 5.94. The number of nitrogens with zero attached hydrogens (tertiary/aromatic N) is 2. The molecule has 1 N–H and O–H groups in total. The molecule has 92 valence electrons. The second-order valence-corrected chi connectivity index (χ2v) is 4.48. The molecule has 1 aromatic carbocycles. The fraction of sp³-hybridized carbons (Fsp3) is 0.308. The molecule has 1 fully saturated rings. The molecule has 1 aliphatic rings. The summed E-state index contributed by atoms with van der Waals surface area (Å²) in [5, 5.41) is 6.73. The van der Waals surface area contributed by atoms with E-state index in [1.54, 1.807) is 6.92 Å². The molecule has 5 heteroatoms. The molecule has 2 aromatic rings. The van der Waals surface area contributed by atoms with E-state index in [1.165, 1.54) is 0 Å². The second kappa shape index (κ2) is 4.25. The maximum atomic E-state index is 11.6. The van der Waals surface area contributed by atoms with Gasteiger partial charge < -0.3 is 9.84 Å².